The zero-order valence-electron chi connectivity index (χ0n) is 8.68. The molecule has 78 valence electrons. The van der Waals surface area contributed by atoms with Crippen LogP contribution in [0.4, 0.5) is 0 Å². The Morgan fingerprint density at radius 3 is 2.71 bits per heavy atom. The van der Waals surface area contributed by atoms with Crippen LogP contribution in [-0.4, -0.2) is 17.5 Å². The van der Waals surface area contributed by atoms with Gasteiger partial charge in [0.15, 0.2) is 0 Å². The summed E-state index contributed by atoms with van der Waals surface area (Å²) in [5, 5.41) is 2.90. The van der Waals surface area contributed by atoms with Crippen LogP contribution >= 0.6 is 0 Å². The summed E-state index contributed by atoms with van der Waals surface area (Å²) in [4.78, 5) is 11.7. The van der Waals surface area contributed by atoms with Crippen molar-refractivity contribution in [3.63, 3.8) is 0 Å². The van der Waals surface area contributed by atoms with Gasteiger partial charge in [0.2, 0.25) is 5.91 Å². The van der Waals surface area contributed by atoms with E-state index in [1.165, 1.54) is 0 Å². The Bertz CT molecular complexity index is 251. The van der Waals surface area contributed by atoms with Crippen molar-refractivity contribution in [2.24, 2.45) is 5.73 Å². The second kappa shape index (κ2) is 4.47. The maximum Gasteiger partial charge on any atom is 0.240 e. The van der Waals surface area contributed by atoms with E-state index in [4.69, 9.17) is 12.2 Å². The van der Waals surface area contributed by atoms with Gasteiger partial charge in [-0.2, -0.15) is 0 Å². The summed E-state index contributed by atoms with van der Waals surface area (Å²) >= 11 is 0. The topological polar surface area (TPSA) is 55.1 Å². The molecule has 0 aromatic rings. The minimum atomic E-state index is -0.609. The lowest BCUT2D eigenvalue weighted by molar-refractivity contribution is -0.130. The fraction of sp³-hybridized carbons (Fsp3) is 0.727. The van der Waals surface area contributed by atoms with E-state index in [1.54, 1.807) is 0 Å². The van der Waals surface area contributed by atoms with E-state index < -0.39 is 5.54 Å². The molecule has 1 saturated carbocycles. The molecule has 1 amide bonds. The quantitative estimate of drug-likeness (QED) is 0.650. The first-order valence-corrected chi connectivity index (χ1v) is 5.15. The van der Waals surface area contributed by atoms with Crippen LogP contribution in [0, 0.1) is 12.3 Å². The number of terminal acetylenes is 1. The molecule has 3 heteroatoms. The molecule has 1 rings (SSSR count). The van der Waals surface area contributed by atoms with E-state index in [0.717, 1.165) is 25.7 Å². The number of nitrogens with two attached hydrogens (primary N) is 1. The minimum absolute atomic E-state index is 0.0362. The molecule has 0 aromatic heterocycles. The molecule has 0 aliphatic heterocycles. The molecule has 3 nitrogen and oxygen atoms in total. The first-order chi connectivity index (χ1) is 6.62. The van der Waals surface area contributed by atoms with Crippen molar-refractivity contribution in [1.82, 2.24) is 5.32 Å². The van der Waals surface area contributed by atoms with Crippen molar-refractivity contribution in [3.8, 4) is 12.3 Å². The molecule has 3 N–H and O–H groups in total. The molecule has 1 aliphatic carbocycles. The van der Waals surface area contributed by atoms with E-state index in [0.29, 0.717) is 6.42 Å². The predicted molar refractivity (Wildman–Crippen MR) is 56.4 cm³/mol. The number of carbonyl (C=O) groups excluding carboxylic acids is 1. The SMILES string of the molecule is C#CCC(CC)NC(=O)C1(N)CCC1. The summed E-state index contributed by atoms with van der Waals surface area (Å²) in [6.07, 6.45) is 9.28. The molecule has 1 atom stereocenters. The van der Waals surface area contributed by atoms with Crippen LogP contribution in [0.5, 0.6) is 0 Å². The molecule has 0 aromatic carbocycles. The average Bonchev–Trinajstić information content (AvgIpc) is 2.13. The van der Waals surface area contributed by atoms with Crippen LogP contribution < -0.4 is 11.1 Å². The van der Waals surface area contributed by atoms with Crippen molar-refractivity contribution >= 4 is 5.91 Å². The number of hydrogen-bond donors (Lipinski definition) is 2. The zero-order chi connectivity index (χ0) is 10.6. The molecule has 1 fully saturated rings. The zero-order valence-corrected chi connectivity index (χ0v) is 8.68. The van der Waals surface area contributed by atoms with E-state index in [9.17, 15) is 4.79 Å². The minimum Gasteiger partial charge on any atom is -0.351 e. The molecule has 0 heterocycles. The van der Waals surface area contributed by atoms with E-state index in [2.05, 4.69) is 11.2 Å². The second-order valence-electron chi connectivity index (χ2n) is 4.00. The van der Waals surface area contributed by atoms with Crippen LogP contribution in [0.1, 0.15) is 39.0 Å². The van der Waals surface area contributed by atoms with Gasteiger partial charge in [-0.3, -0.25) is 4.79 Å². The fourth-order valence-corrected chi connectivity index (χ4v) is 1.55. The third-order valence-electron chi connectivity index (χ3n) is 2.89. The van der Waals surface area contributed by atoms with Gasteiger partial charge in [-0.15, -0.1) is 12.3 Å². The van der Waals surface area contributed by atoms with Gasteiger partial charge < -0.3 is 11.1 Å². The van der Waals surface area contributed by atoms with Crippen LogP contribution in [0.25, 0.3) is 0 Å². The standard InChI is InChI=1S/C11H18N2O/c1-3-6-9(4-2)13-10(14)11(12)7-5-8-11/h1,9H,4-8,12H2,2H3,(H,13,14). The smallest absolute Gasteiger partial charge is 0.240 e. The van der Waals surface area contributed by atoms with Gasteiger partial charge in [0.25, 0.3) is 0 Å². The van der Waals surface area contributed by atoms with Crippen LogP contribution in [0.3, 0.4) is 0 Å². The molecular weight excluding hydrogens is 176 g/mol. The van der Waals surface area contributed by atoms with Gasteiger partial charge in [0, 0.05) is 12.5 Å². The third kappa shape index (κ3) is 2.27. The van der Waals surface area contributed by atoms with Crippen molar-refractivity contribution in [1.29, 1.82) is 0 Å². The summed E-state index contributed by atoms with van der Waals surface area (Å²) in [6, 6.07) is 0.0773. The van der Waals surface area contributed by atoms with Gasteiger partial charge in [0.1, 0.15) is 0 Å². The van der Waals surface area contributed by atoms with Crippen molar-refractivity contribution in [2.45, 2.75) is 50.6 Å². The Hall–Kier alpha value is -1.01. The lowest BCUT2D eigenvalue weighted by Crippen LogP contribution is -2.60. The van der Waals surface area contributed by atoms with Gasteiger partial charge in [-0.25, -0.2) is 0 Å². The second-order valence-corrected chi connectivity index (χ2v) is 4.00. The number of rotatable bonds is 4. The molecular formula is C11H18N2O. The predicted octanol–water partition coefficient (Wildman–Crippen LogP) is 0.786. The molecule has 1 unspecified atom stereocenters. The summed E-state index contributed by atoms with van der Waals surface area (Å²) in [7, 11) is 0. The molecule has 0 radical (unpaired) electrons. The van der Waals surface area contributed by atoms with Crippen LogP contribution in [-0.2, 0) is 4.79 Å². The largest absolute Gasteiger partial charge is 0.351 e. The fourth-order valence-electron chi connectivity index (χ4n) is 1.55. The molecule has 0 spiro atoms. The van der Waals surface area contributed by atoms with E-state index in [1.807, 2.05) is 6.92 Å². The lowest BCUT2D eigenvalue weighted by Gasteiger charge is -2.37. The summed E-state index contributed by atoms with van der Waals surface area (Å²) in [5.41, 5.74) is 5.27. The number of nitrogens with one attached hydrogen (secondary N) is 1. The Balaban J connectivity index is 2.42. The highest BCUT2D eigenvalue weighted by Gasteiger charge is 2.40. The first-order valence-electron chi connectivity index (χ1n) is 5.15. The molecule has 1 aliphatic rings. The Kier molecular flexibility index (Phi) is 3.54. The molecule has 0 bridgehead atoms. The average molecular weight is 194 g/mol. The van der Waals surface area contributed by atoms with Crippen molar-refractivity contribution in [2.75, 3.05) is 0 Å². The highest BCUT2D eigenvalue weighted by Crippen LogP contribution is 2.29. The van der Waals surface area contributed by atoms with Crippen molar-refractivity contribution in [3.05, 3.63) is 0 Å². The summed E-state index contributed by atoms with van der Waals surface area (Å²) in [6.45, 7) is 2.01. The van der Waals surface area contributed by atoms with Gasteiger partial charge in [-0.05, 0) is 25.7 Å². The lowest BCUT2D eigenvalue weighted by atomic mass is 9.77. The number of carbonyl (C=O) groups is 1. The maximum absolute atomic E-state index is 11.7. The van der Waals surface area contributed by atoms with Crippen LogP contribution in [0.15, 0.2) is 0 Å². The Morgan fingerprint density at radius 2 is 2.36 bits per heavy atom. The Morgan fingerprint density at radius 1 is 1.71 bits per heavy atom. The van der Waals surface area contributed by atoms with Crippen LogP contribution in [0.2, 0.25) is 0 Å². The summed E-state index contributed by atoms with van der Waals surface area (Å²) < 4.78 is 0. The normalized spacial score (nSPS) is 20.4. The highest BCUT2D eigenvalue weighted by atomic mass is 16.2. The van der Waals surface area contributed by atoms with Gasteiger partial charge in [0.05, 0.1) is 5.54 Å². The monoisotopic (exact) mass is 194 g/mol. The maximum atomic E-state index is 11.7. The molecule has 0 saturated heterocycles. The number of hydrogen-bond acceptors (Lipinski definition) is 2. The third-order valence-corrected chi connectivity index (χ3v) is 2.89. The van der Waals surface area contributed by atoms with E-state index >= 15 is 0 Å². The Labute approximate surface area is 85.4 Å². The van der Waals surface area contributed by atoms with Crippen molar-refractivity contribution < 1.29 is 4.79 Å². The first kappa shape index (κ1) is 11.1. The number of amides is 1. The summed E-state index contributed by atoms with van der Waals surface area (Å²) in [5.74, 6) is 2.52. The van der Waals surface area contributed by atoms with Gasteiger partial charge >= 0.3 is 0 Å². The molecule has 14 heavy (non-hydrogen) atoms. The van der Waals surface area contributed by atoms with E-state index in [-0.39, 0.29) is 11.9 Å². The van der Waals surface area contributed by atoms with Gasteiger partial charge in [-0.1, -0.05) is 6.92 Å². The highest BCUT2D eigenvalue weighted by molar-refractivity contribution is 5.87.